The fourth-order valence-electron chi connectivity index (χ4n) is 3.16. The molecule has 0 aliphatic rings. The Morgan fingerprint density at radius 1 is 1.03 bits per heavy atom. The Hall–Kier alpha value is -4.00. The Balaban J connectivity index is 1.81. The van der Waals surface area contributed by atoms with Crippen LogP contribution in [0.4, 0.5) is 5.82 Å². The molecule has 4 aromatic rings. The molecule has 2 aromatic heterocycles. The molecule has 0 atom stereocenters. The van der Waals surface area contributed by atoms with Crippen LogP contribution >= 0.6 is 0 Å². The molecule has 4 rings (SSSR count). The van der Waals surface area contributed by atoms with Gasteiger partial charge in [-0.3, -0.25) is 9.78 Å². The molecule has 0 bridgehead atoms. The van der Waals surface area contributed by atoms with Crippen LogP contribution in [-0.4, -0.2) is 39.7 Å². The third-order valence-corrected chi connectivity index (χ3v) is 4.65. The lowest BCUT2D eigenvalue weighted by molar-refractivity contribution is -0.136. The summed E-state index contributed by atoms with van der Waals surface area (Å²) >= 11 is 0. The van der Waals surface area contributed by atoms with Crippen molar-refractivity contribution in [3.8, 4) is 28.3 Å². The van der Waals surface area contributed by atoms with Crippen LogP contribution in [0.5, 0.6) is 5.75 Å². The van der Waals surface area contributed by atoms with E-state index in [0.29, 0.717) is 11.6 Å². The number of carboxylic acid groups (broad SMARTS) is 1. The minimum absolute atomic E-state index is 0.0106. The van der Waals surface area contributed by atoms with E-state index in [9.17, 15) is 4.79 Å². The zero-order chi connectivity index (χ0) is 20.9. The fourth-order valence-corrected chi connectivity index (χ4v) is 3.16. The lowest BCUT2D eigenvalue weighted by Crippen LogP contribution is -2.10. The molecule has 0 unspecified atom stereocenters. The molecule has 150 valence electrons. The number of methoxy groups -OCH3 is 1. The largest absolute Gasteiger partial charge is 0.497 e. The molecule has 0 amide bonds. The molecule has 7 heteroatoms. The molecule has 0 saturated carbocycles. The van der Waals surface area contributed by atoms with Gasteiger partial charge in [0.2, 0.25) is 0 Å². The first-order valence-corrected chi connectivity index (χ1v) is 9.46. The molecule has 2 heterocycles. The van der Waals surface area contributed by atoms with Gasteiger partial charge in [0.05, 0.1) is 19.0 Å². The van der Waals surface area contributed by atoms with Crippen LogP contribution in [0.15, 0.2) is 67.0 Å². The average molecular weight is 400 g/mol. The zero-order valence-electron chi connectivity index (χ0n) is 16.4. The second-order valence-corrected chi connectivity index (χ2v) is 6.67. The number of nitrogens with zero attached hydrogens (tertiary/aromatic N) is 3. The van der Waals surface area contributed by atoms with Gasteiger partial charge in [0, 0.05) is 29.9 Å². The van der Waals surface area contributed by atoms with E-state index in [0.717, 1.165) is 33.3 Å². The Kier molecular flexibility index (Phi) is 5.52. The minimum atomic E-state index is -0.870. The van der Waals surface area contributed by atoms with Crippen molar-refractivity contribution in [2.75, 3.05) is 19.0 Å². The Morgan fingerprint density at radius 3 is 2.63 bits per heavy atom. The molecular weight excluding hydrogens is 380 g/mol. The van der Waals surface area contributed by atoms with Crippen LogP contribution in [0, 0.1) is 0 Å². The summed E-state index contributed by atoms with van der Waals surface area (Å²) in [4.78, 5) is 24.4. The molecule has 0 saturated heterocycles. The number of aromatic nitrogens is 3. The number of hydrogen-bond donors (Lipinski definition) is 2. The number of ether oxygens (including phenoxy) is 1. The molecule has 0 aliphatic carbocycles. The summed E-state index contributed by atoms with van der Waals surface area (Å²) < 4.78 is 5.33. The van der Waals surface area contributed by atoms with E-state index < -0.39 is 5.97 Å². The van der Waals surface area contributed by atoms with Gasteiger partial charge in [0.1, 0.15) is 11.6 Å². The van der Waals surface area contributed by atoms with Crippen molar-refractivity contribution in [3.63, 3.8) is 0 Å². The SMILES string of the molecule is COc1cccc(-c2ccc3nc(-c4cccnc4)nc(NCCC(=O)O)c3c2)c1. The summed E-state index contributed by atoms with van der Waals surface area (Å²) in [5.74, 6) is 1.02. The van der Waals surface area contributed by atoms with Gasteiger partial charge in [0.25, 0.3) is 0 Å². The normalized spacial score (nSPS) is 10.7. The molecule has 0 radical (unpaired) electrons. The van der Waals surface area contributed by atoms with Crippen molar-refractivity contribution < 1.29 is 14.6 Å². The molecular formula is C23H20N4O3. The standard InChI is InChI=1S/C23H20N4O3/c1-30-18-6-2-4-15(12-18)16-7-8-20-19(13-16)23(25-11-9-21(28)29)27-22(26-20)17-5-3-10-24-14-17/h2-8,10,12-14H,9,11H2,1H3,(H,28,29)(H,25,26,27). The highest BCUT2D eigenvalue weighted by Crippen LogP contribution is 2.30. The van der Waals surface area contributed by atoms with Gasteiger partial charge in [-0.05, 0) is 47.5 Å². The lowest BCUT2D eigenvalue weighted by Gasteiger charge is -2.12. The summed E-state index contributed by atoms with van der Waals surface area (Å²) in [6, 6.07) is 17.5. The van der Waals surface area contributed by atoms with E-state index in [-0.39, 0.29) is 13.0 Å². The van der Waals surface area contributed by atoms with E-state index >= 15 is 0 Å². The first-order chi connectivity index (χ1) is 14.6. The second kappa shape index (κ2) is 8.57. The molecule has 0 aliphatic heterocycles. The van der Waals surface area contributed by atoms with Gasteiger partial charge >= 0.3 is 5.97 Å². The summed E-state index contributed by atoms with van der Waals surface area (Å²) in [6.07, 6.45) is 3.38. The Bertz CT molecular complexity index is 1200. The fraction of sp³-hybridized carbons (Fsp3) is 0.130. The van der Waals surface area contributed by atoms with Crippen molar-refractivity contribution in [1.82, 2.24) is 15.0 Å². The number of carbonyl (C=O) groups is 1. The van der Waals surface area contributed by atoms with Crippen molar-refractivity contribution in [1.29, 1.82) is 0 Å². The molecule has 30 heavy (non-hydrogen) atoms. The van der Waals surface area contributed by atoms with Crippen LogP contribution in [0.2, 0.25) is 0 Å². The van der Waals surface area contributed by atoms with Gasteiger partial charge in [0.15, 0.2) is 5.82 Å². The maximum atomic E-state index is 10.9. The smallest absolute Gasteiger partial charge is 0.305 e. The number of aliphatic carboxylic acids is 1. The third kappa shape index (κ3) is 4.20. The monoisotopic (exact) mass is 400 g/mol. The number of hydrogen-bond acceptors (Lipinski definition) is 6. The first-order valence-electron chi connectivity index (χ1n) is 9.46. The molecule has 2 N–H and O–H groups in total. The summed E-state index contributed by atoms with van der Waals surface area (Å²) in [6.45, 7) is 0.261. The van der Waals surface area contributed by atoms with E-state index in [1.54, 1.807) is 19.5 Å². The average Bonchev–Trinajstić information content (AvgIpc) is 2.79. The maximum absolute atomic E-state index is 10.9. The lowest BCUT2D eigenvalue weighted by atomic mass is 10.0. The number of fused-ring (bicyclic) bond motifs is 1. The van der Waals surface area contributed by atoms with E-state index in [2.05, 4.69) is 20.3 Å². The molecule has 0 fully saturated rings. The highest BCUT2D eigenvalue weighted by atomic mass is 16.5. The molecule has 7 nitrogen and oxygen atoms in total. The van der Waals surface area contributed by atoms with Crippen LogP contribution in [-0.2, 0) is 4.79 Å². The minimum Gasteiger partial charge on any atom is -0.497 e. The number of benzene rings is 2. The number of carboxylic acids is 1. The highest BCUT2D eigenvalue weighted by Gasteiger charge is 2.12. The quantitative estimate of drug-likeness (QED) is 0.478. The summed E-state index contributed by atoms with van der Waals surface area (Å²) in [5, 5.41) is 13.0. The van der Waals surface area contributed by atoms with Crippen LogP contribution in [0.1, 0.15) is 6.42 Å². The van der Waals surface area contributed by atoms with Crippen LogP contribution in [0.3, 0.4) is 0 Å². The van der Waals surface area contributed by atoms with E-state index in [1.807, 2.05) is 54.6 Å². The Morgan fingerprint density at radius 2 is 1.87 bits per heavy atom. The maximum Gasteiger partial charge on any atom is 0.305 e. The predicted molar refractivity (Wildman–Crippen MR) is 115 cm³/mol. The van der Waals surface area contributed by atoms with E-state index in [1.165, 1.54) is 0 Å². The molecule has 2 aromatic carbocycles. The van der Waals surface area contributed by atoms with Crippen molar-refractivity contribution >= 4 is 22.7 Å². The highest BCUT2D eigenvalue weighted by molar-refractivity contribution is 5.94. The topological polar surface area (TPSA) is 97.2 Å². The zero-order valence-corrected chi connectivity index (χ0v) is 16.4. The van der Waals surface area contributed by atoms with Gasteiger partial charge in [-0.25, -0.2) is 9.97 Å². The number of rotatable bonds is 7. The third-order valence-electron chi connectivity index (χ3n) is 4.65. The van der Waals surface area contributed by atoms with Crippen molar-refractivity contribution in [3.05, 3.63) is 67.0 Å². The summed E-state index contributed by atoms with van der Waals surface area (Å²) in [7, 11) is 1.64. The van der Waals surface area contributed by atoms with E-state index in [4.69, 9.17) is 9.84 Å². The predicted octanol–water partition coefficient (Wildman–Crippen LogP) is 4.25. The second-order valence-electron chi connectivity index (χ2n) is 6.67. The van der Waals surface area contributed by atoms with Crippen LogP contribution < -0.4 is 10.1 Å². The molecule has 0 spiro atoms. The van der Waals surface area contributed by atoms with Crippen molar-refractivity contribution in [2.24, 2.45) is 0 Å². The van der Waals surface area contributed by atoms with Gasteiger partial charge in [-0.2, -0.15) is 0 Å². The number of nitrogens with one attached hydrogen (secondary N) is 1. The van der Waals surface area contributed by atoms with Gasteiger partial charge in [-0.15, -0.1) is 0 Å². The van der Waals surface area contributed by atoms with Gasteiger partial charge < -0.3 is 15.2 Å². The Labute approximate surface area is 173 Å². The van der Waals surface area contributed by atoms with Crippen molar-refractivity contribution in [2.45, 2.75) is 6.42 Å². The number of pyridine rings is 1. The number of anilines is 1. The summed E-state index contributed by atoms with van der Waals surface area (Å²) in [5.41, 5.74) is 3.54. The van der Waals surface area contributed by atoms with Crippen LogP contribution in [0.25, 0.3) is 33.4 Å². The van der Waals surface area contributed by atoms with Gasteiger partial charge in [-0.1, -0.05) is 18.2 Å². The first kappa shape index (κ1) is 19.3.